The van der Waals surface area contributed by atoms with Crippen LogP contribution < -0.4 is 10.1 Å². The van der Waals surface area contributed by atoms with E-state index < -0.39 is 38.8 Å². The van der Waals surface area contributed by atoms with Crippen LogP contribution in [0.5, 0.6) is 5.88 Å². The highest BCUT2D eigenvalue weighted by Crippen LogP contribution is 2.32. The van der Waals surface area contributed by atoms with Crippen molar-refractivity contribution in [2.75, 3.05) is 7.11 Å². The van der Waals surface area contributed by atoms with Gasteiger partial charge < -0.3 is 10.1 Å². The maximum absolute atomic E-state index is 13.5. The van der Waals surface area contributed by atoms with Crippen LogP contribution in [0.15, 0.2) is 59.6 Å². The van der Waals surface area contributed by atoms with E-state index in [0.29, 0.717) is 24.1 Å². The van der Waals surface area contributed by atoms with Crippen molar-refractivity contribution in [2.24, 2.45) is 0 Å². The minimum absolute atomic E-state index is 0.0117. The number of carbonyl (C=O) groups is 1. The Hall–Kier alpha value is -3.34. The van der Waals surface area contributed by atoms with Gasteiger partial charge in [0.25, 0.3) is 5.92 Å². The van der Waals surface area contributed by atoms with Gasteiger partial charge in [0, 0.05) is 30.3 Å². The maximum atomic E-state index is 13.5. The highest BCUT2D eigenvalue weighted by molar-refractivity contribution is 7.92. The molecule has 2 aromatic carbocycles. The first kappa shape index (κ1) is 24.8. The fraction of sp³-hybridized carbons (Fsp3) is 0.333. The quantitative estimate of drug-likeness (QED) is 0.469. The van der Waals surface area contributed by atoms with Gasteiger partial charge in [-0.2, -0.15) is 0 Å². The van der Waals surface area contributed by atoms with Crippen molar-refractivity contribution < 1.29 is 31.1 Å². The van der Waals surface area contributed by atoms with E-state index in [4.69, 9.17) is 4.74 Å². The Morgan fingerprint density at radius 1 is 1.14 bits per heavy atom. The van der Waals surface area contributed by atoms with Crippen molar-refractivity contribution in [3.63, 3.8) is 0 Å². The number of hydrogen-bond acceptors (Lipinski definition) is 5. The Kier molecular flexibility index (Phi) is 6.63. The van der Waals surface area contributed by atoms with Crippen LogP contribution in [0, 0.1) is 5.82 Å². The lowest BCUT2D eigenvalue weighted by Crippen LogP contribution is -2.54. The van der Waals surface area contributed by atoms with Gasteiger partial charge in [-0.15, -0.1) is 5.10 Å². The lowest BCUT2D eigenvalue weighted by molar-refractivity contribution is -0.121. The van der Waals surface area contributed by atoms with E-state index in [1.165, 1.54) is 48.2 Å². The molecule has 1 aliphatic rings. The van der Waals surface area contributed by atoms with Crippen molar-refractivity contribution >= 4 is 15.7 Å². The summed E-state index contributed by atoms with van der Waals surface area (Å²) >= 11 is 0. The first-order valence-electron chi connectivity index (χ1n) is 10.9. The molecular weight excluding hydrogens is 483 g/mol. The molecule has 186 valence electrons. The molecule has 0 radical (unpaired) electrons. The average molecular weight is 508 g/mol. The van der Waals surface area contributed by atoms with E-state index >= 15 is 0 Å². The molecule has 1 heterocycles. The Labute approximate surface area is 200 Å². The number of methoxy groups -OCH3 is 1. The molecule has 0 bridgehead atoms. The lowest BCUT2D eigenvalue weighted by atomic mass is 9.92. The number of aromatic nitrogens is 2. The predicted molar refractivity (Wildman–Crippen MR) is 122 cm³/mol. The number of nitrogens with zero attached hydrogens (tertiary/aromatic N) is 2. The molecule has 1 aliphatic carbocycles. The monoisotopic (exact) mass is 507 g/mol. The van der Waals surface area contributed by atoms with Crippen molar-refractivity contribution in [1.29, 1.82) is 0 Å². The average Bonchev–Trinajstić information content (AvgIpc) is 3.19. The summed E-state index contributed by atoms with van der Waals surface area (Å²) in [6, 6.07) is 9.62. The van der Waals surface area contributed by atoms with Gasteiger partial charge in [0.05, 0.1) is 29.4 Å². The number of halogens is 3. The number of rotatable bonds is 8. The van der Waals surface area contributed by atoms with E-state index in [-0.39, 0.29) is 22.8 Å². The van der Waals surface area contributed by atoms with Crippen molar-refractivity contribution in [1.82, 2.24) is 15.1 Å². The van der Waals surface area contributed by atoms with Crippen LogP contribution in [-0.2, 0) is 27.0 Å². The number of benzene rings is 2. The van der Waals surface area contributed by atoms with Crippen molar-refractivity contribution in [3.8, 4) is 11.6 Å². The summed E-state index contributed by atoms with van der Waals surface area (Å²) in [6.07, 6.45) is 2.33. The largest absolute Gasteiger partial charge is 0.480 e. The molecule has 3 aromatic rings. The molecule has 1 saturated carbocycles. The smallest absolute Gasteiger partial charge is 0.270 e. The molecule has 1 aromatic heterocycles. The summed E-state index contributed by atoms with van der Waals surface area (Å²) in [6.45, 7) is 0.813. The molecule has 35 heavy (non-hydrogen) atoms. The highest BCUT2D eigenvalue weighted by Gasteiger charge is 2.42. The van der Waals surface area contributed by atoms with Gasteiger partial charge in [0.1, 0.15) is 5.82 Å². The van der Waals surface area contributed by atoms with Crippen LogP contribution in [0.2, 0.25) is 0 Å². The van der Waals surface area contributed by atoms with Crippen molar-refractivity contribution in [3.05, 3.63) is 71.7 Å². The number of alkyl halides is 2. The third-order valence-electron chi connectivity index (χ3n) is 6.03. The summed E-state index contributed by atoms with van der Waals surface area (Å²) in [4.78, 5) is 12.7. The molecular formula is C24H24F3N3O4S. The van der Waals surface area contributed by atoms with E-state index in [1.807, 2.05) is 0 Å². The van der Waals surface area contributed by atoms with Crippen LogP contribution in [-0.4, -0.2) is 42.5 Å². The van der Waals surface area contributed by atoms with Gasteiger partial charge in [0.15, 0.2) is 9.84 Å². The molecule has 1 N–H and O–H groups in total. The molecule has 7 nitrogen and oxygen atoms in total. The first-order chi connectivity index (χ1) is 16.5. The molecule has 0 aliphatic heterocycles. The number of ether oxygens (including phenoxy) is 1. The van der Waals surface area contributed by atoms with Crippen molar-refractivity contribution in [2.45, 2.75) is 48.3 Å². The van der Waals surface area contributed by atoms with E-state index in [2.05, 4.69) is 10.4 Å². The van der Waals surface area contributed by atoms with Crippen LogP contribution in [0.4, 0.5) is 13.2 Å². The second-order valence-corrected chi connectivity index (χ2v) is 10.7. The van der Waals surface area contributed by atoms with Crippen LogP contribution in [0.3, 0.4) is 0 Å². The Morgan fingerprint density at radius 2 is 1.80 bits per heavy atom. The van der Waals surface area contributed by atoms with E-state index in [9.17, 15) is 26.4 Å². The zero-order chi connectivity index (χ0) is 25.4. The van der Waals surface area contributed by atoms with Crippen LogP contribution >= 0.6 is 0 Å². The van der Waals surface area contributed by atoms with Crippen LogP contribution in [0.1, 0.15) is 30.9 Å². The summed E-state index contributed by atoms with van der Waals surface area (Å²) in [5, 5.41) is 6.22. The topological polar surface area (TPSA) is 90.3 Å². The highest BCUT2D eigenvalue weighted by atomic mass is 32.2. The zero-order valence-corrected chi connectivity index (χ0v) is 19.9. The van der Waals surface area contributed by atoms with Gasteiger partial charge in [-0.25, -0.2) is 26.3 Å². The summed E-state index contributed by atoms with van der Waals surface area (Å²) in [5.74, 6) is -3.72. The van der Waals surface area contributed by atoms with Gasteiger partial charge in [-0.3, -0.25) is 4.79 Å². The number of nitrogens with one attached hydrogen (secondary N) is 1. The molecule has 1 fully saturated rings. The van der Waals surface area contributed by atoms with Crippen LogP contribution in [0.25, 0.3) is 5.69 Å². The molecule has 0 saturated heterocycles. The van der Waals surface area contributed by atoms with Gasteiger partial charge in [-0.1, -0.05) is 12.1 Å². The minimum Gasteiger partial charge on any atom is -0.480 e. The second-order valence-electron chi connectivity index (χ2n) is 8.51. The molecule has 1 amide bonds. The fourth-order valence-corrected chi connectivity index (χ4v) is 5.91. The maximum Gasteiger partial charge on any atom is 0.270 e. The molecule has 4 rings (SSSR count). The molecule has 11 heteroatoms. The lowest BCUT2D eigenvalue weighted by Gasteiger charge is -2.36. The molecule has 2 atom stereocenters. The number of carbonyl (C=O) groups excluding carboxylic acids is 1. The second kappa shape index (κ2) is 9.37. The van der Waals surface area contributed by atoms with Gasteiger partial charge >= 0.3 is 0 Å². The first-order valence-corrected chi connectivity index (χ1v) is 12.4. The Bertz CT molecular complexity index is 1320. The summed E-state index contributed by atoms with van der Waals surface area (Å²) < 4.78 is 72.5. The SMILES string of the molecule is COc1nn(-c2ccc(C(C)(F)F)cc2)cc1CC(=O)N[C@@H]1CC[C@@H]1S(=O)(=O)c1ccc(F)cc1. The predicted octanol–water partition coefficient (Wildman–Crippen LogP) is 3.80. The minimum atomic E-state index is -3.72. The third-order valence-corrected chi connectivity index (χ3v) is 8.32. The Balaban J connectivity index is 1.45. The standard InChI is InChI=1S/C24H24F3N3O4S/c1-24(26,27)16-3-7-18(8-4-16)30-14-15(23(29-30)34-2)13-22(31)28-20-11-12-21(20)35(32,33)19-9-5-17(25)6-10-19/h3-10,14,20-21H,11-13H2,1-2H3,(H,28,31)/t20-,21+/m1/s1. The Morgan fingerprint density at radius 3 is 2.34 bits per heavy atom. The number of hydrogen-bond donors (Lipinski definition) is 1. The zero-order valence-electron chi connectivity index (χ0n) is 19.0. The van der Waals surface area contributed by atoms with E-state index in [1.54, 1.807) is 6.20 Å². The van der Waals surface area contributed by atoms with Gasteiger partial charge in [0.2, 0.25) is 11.8 Å². The summed E-state index contributed by atoms with van der Waals surface area (Å²) in [5.41, 5.74) is 0.824. The van der Waals surface area contributed by atoms with Gasteiger partial charge in [-0.05, 0) is 49.2 Å². The number of sulfone groups is 1. The third kappa shape index (κ3) is 5.19. The molecule has 0 unspecified atom stereocenters. The van der Waals surface area contributed by atoms with E-state index in [0.717, 1.165) is 19.1 Å². The number of amides is 1. The molecule has 0 spiro atoms. The normalized spacial score (nSPS) is 18.1. The fourth-order valence-electron chi connectivity index (χ4n) is 3.96. The summed E-state index contributed by atoms with van der Waals surface area (Å²) in [7, 11) is -2.33.